The number of nitrogens with one attached hydrogen (secondary N) is 1. The van der Waals surface area contributed by atoms with E-state index in [1.54, 1.807) is 4.57 Å². The molecule has 2 aromatic rings. The molecule has 0 amide bonds. The average Bonchev–Trinajstić information content (AvgIpc) is 3.24. The number of aryl methyl sites for hydroxylation is 1. The third-order valence-corrected chi connectivity index (χ3v) is 5.13. The number of rotatable bonds is 7. The fraction of sp³-hybridized carbons (Fsp3) is 0.471. The third-order valence-electron chi connectivity index (χ3n) is 4.15. The topological polar surface area (TPSA) is 77.0 Å². The fourth-order valence-electron chi connectivity index (χ4n) is 2.71. The second-order valence-corrected chi connectivity index (χ2v) is 6.76. The van der Waals surface area contributed by atoms with Crippen molar-refractivity contribution in [2.45, 2.75) is 44.0 Å². The van der Waals surface area contributed by atoms with Crippen molar-refractivity contribution in [1.82, 2.24) is 14.8 Å². The minimum Gasteiger partial charge on any atom is -0.376 e. The minimum absolute atomic E-state index is 0.0294. The maximum absolute atomic E-state index is 12.3. The van der Waals surface area contributed by atoms with Crippen LogP contribution in [0.1, 0.15) is 35.7 Å². The minimum atomic E-state index is -0.257. The largest absolute Gasteiger partial charge is 0.376 e. The number of carbonyl (C=O) groups excluding carboxylic acids is 1. The maximum Gasteiger partial charge on any atom is 0.344 e. The average molecular weight is 347 g/mol. The SMILES string of the molecule is CCc1ccc(C(=O)CSc2n[nH]c(=O)n2C[C@H]2CCCO2)cc1. The number of ketones is 1. The Morgan fingerprint density at radius 2 is 2.21 bits per heavy atom. The number of benzene rings is 1. The highest BCUT2D eigenvalue weighted by atomic mass is 32.2. The van der Waals surface area contributed by atoms with Crippen molar-refractivity contribution in [2.75, 3.05) is 12.4 Å². The molecule has 1 fully saturated rings. The van der Waals surface area contributed by atoms with Gasteiger partial charge >= 0.3 is 5.69 Å². The van der Waals surface area contributed by atoms with Gasteiger partial charge in [0, 0.05) is 12.2 Å². The molecular formula is C17H21N3O3S. The van der Waals surface area contributed by atoms with Crippen LogP contribution in [0.25, 0.3) is 0 Å². The van der Waals surface area contributed by atoms with Crippen molar-refractivity contribution in [3.8, 4) is 0 Å². The van der Waals surface area contributed by atoms with Crippen LogP contribution in [0.4, 0.5) is 0 Å². The molecule has 0 radical (unpaired) electrons. The zero-order valence-corrected chi connectivity index (χ0v) is 14.5. The molecule has 6 nitrogen and oxygen atoms in total. The lowest BCUT2D eigenvalue weighted by atomic mass is 10.1. The number of aromatic nitrogens is 3. The highest BCUT2D eigenvalue weighted by Crippen LogP contribution is 2.19. The lowest BCUT2D eigenvalue weighted by molar-refractivity contribution is 0.0941. The molecule has 1 saturated heterocycles. The molecule has 0 unspecified atom stereocenters. The molecule has 7 heteroatoms. The van der Waals surface area contributed by atoms with Crippen molar-refractivity contribution in [2.24, 2.45) is 0 Å². The molecule has 0 spiro atoms. The molecule has 1 aromatic heterocycles. The van der Waals surface area contributed by atoms with E-state index < -0.39 is 0 Å². The summed E-state index contributed by atoms with van der Waals surface area (Å²) in [6.07, 6.45) is 2.97. The summed E-state index contributed by atoms with van der Waals surface area (Å²) in [5.41, 5.74) is 1.63. The normalized spacial score (nSPS) is 17.3. The molecule has 1 aliphatic rings. The second-order valence-electron chi connectivity index (χ2n) is 5.82. The van der Waals surface area contributed by atoms with Gasteiger partial charge in [0.15, 0.2) is 10.9 Å². The van der Waals surface area contributed by atoms with Crippen LogP contribution < -0.4 is 5.69 Å². The number of H-pyrrole nitrogens is 1. The molecule has 3 rings (SSSR count). The Bertz CT molecular complexity index is 745. The van der Waals surface area contributed by atoms with Gasteiger partial charge in [0.05, 0.1) is 18.4 Å². The number of carbonyl (C=O) groups is 1. The van der Waals surface area contributed by atoms with Gasteiger partial charge in [-0.1, -0.05) is 43.0 Å². The van der Waals surface area contributed by atoms with Gasteiger partial charge in [0.2, 0.25) is 0 Å². The van der Waals surface area contributed by atoms with Gasteiger partial charge in [-0.2, -0.15) is 0 Å². The summed E-state index contributed by atoms with van der Waals surface area (Å²) in [7, 11) is 0. The Hall–Kier alpha value is -1.86. The van der Waals surface area contributed by atoms with Crippen molar-refractivity contribution < 1.29 is 9.53 Å². The van der Waals surface area contributed by atoms with E-state index in [-0.39, 0.29) is 23.3 Å². The van der Waals surface area contributed by atoms with Crippen LogP contribution in [0.2, 0.25) is 0 Å². The fourth-order valence-corrected chi connectivity index (χ4v) is 3.56. The molecular weight excluding hydrogens is 326 g/mol. The van der Waals surface area contributed by atoms with Gasteiger partial charge in [-0.3, -0.25) is 9.36 Å². The lowest BCUT2D eigenvalue weighted by Crippen LogP contribution is -2.25. The molecule has 0 bridgehead atoms. The van der Waals surface area contributed by atoms with E-state index in [1.807, 2.05) is 24.3 Å². The Labute approximate surface area is 144 Å². The highest BCUT2D eigenvalue weighted by molar-refractivity contribution is 7.99. The summed E-state index contributed by atoms with van der Waals surface area (Å²) in [6, 6.07) is 7.65. The van der Waals surface area contributed by atoms with E-state index in [2.05, 4.69) is 17.1 Å². The lowest BCUT2D eigenvalue weighted by Gasteiger charge is -2.10. The predicted molar refractivity (Wildman–Crippen MR) is 92.7 cm³/mol. The summed E-state index contributed by atoms with van der Waals surface area (Å²) in [4.78, 5) is 24.2. The first-order chi connectivity index (χ1) is 11.7. The van der Waals surface area contributed by atoms with Crippen molar-refractivity contribution in [3.63, 3.8) is 0 Å². The van der Waals surface area contributed by atoms with Crippen LogP contribution in [0, 0.1) is 0 Å². The van der Waals surface area contributed by atoms with Crippen LogP contribution >= 0.6 is 11.8 Å². The standard InChI is InChI=1S/C17H21N3O3S/c1-2-12-5-7-13(8-6-12)15(21)11-24-17-19-18-16(22)20(17)10-14-4-3-9-23-14/h5-8,14H,2-4,9-11H2,1H3,(H,18,22)/t14-/m1/s1. The number of aromatic amines is 1. The first-order valence-electron chi connectivity index (χ1n) is 8.19. The van der Waals surface area contributed by atoms with Gasteiger partial charge in [-0.25, -0.2) is 9.89 Å². The quantitative estimate of drug-likeness (QED) is 0.614. The van der Waals surface area contributed by atoms with Crippen molar-refractivity contribution in [3.05, 3.63) is 45.9 Å². The number of ether oxygens (including phenoxy) is 1. The van der Waals surface area contributed by atoms with Crippen molar-refractivity contribution in [1.29, 1.82) is 0 Å². The Kier molecular flexibility index (Phi) is 5.52. The summed E-state index contributed by atoms with van der Waals surface area (Å²) >= 11 is 1.28. The monoisotopic (exact) mass is 347 g/mol. The highest BCUT2D eigenvalue weighted by Gasteiger charge is 2.20. The van der Waals surface area contributed by atoms with Gasteiger partial charge in [0.25, 0.3) is 0 Å². The Balaban J connectivity index is 1.63. The van der Waals surface area contributed by atoms with Gasteiger partial charge in [0.1, 0.15) is 0 Å². The zero-order chi connectivity index (χ0) is 16.9. The summed E-state index contributed by atoms with van der Waals surface area (Å²) in [6.45, 7) is 3.31. The van der Waals surface area contributed by atoms with E-state index in [9.17, 15) is 9.59 Å². The van der Waals surface area contributed by atoms with E-state index in [0.29, 0.717) is 17.3 Å². The molecule has 2 heterocycles. The Morgan fingerprint density at radius 3 is 2.88 bits per heavy atom. The van der Waals surface area contributed by atoms with Crippen LogP contribution in [-0.2, 0) is 17.7 Å². The first-order valence-corrected chi connectivity index (χ1v) is 9.17. The summed E-state index contributed by atoms with van der Waals surface area (Å²) < 4.78 is 7.14. The predicted octanol–water partition coefficient (Wildman–Crippen LogP) is 2.29. The maximum atomic E-state index is 12.3. The van der Waals surface area contributed by atoms with Crippen molar-refractivity contribution >= 4 is 17.5 Å². The zero-order valence-electron chi connectivity index (χ0n) is 13.7. The smallest absolute Gasteiger partial charge is 0.344 e. The second kappa shape index (κ2) is 7.81. The Morgan fingerprint density at radius 1 is 1.42 bits per heavy atom. The van der Waals surface area contributed by atoms with Crippen LogP contribution in [0.15, 0.2) is 34.2 Å². The van der Waals surface area contributed by atoms with Crippen LogP contribution in [0.5, 0.6) is 0 Å². The van der Waals surface area contributed by atoms with Gasteiger partial charge < -0.3 is 4.74 Å². The molecule has 1 N–H and O–H groups in total. The molecule has 0 saturated carbocycles. The number of thioether (sulfide) groups is 1. The number of hydrogen-bond donors (Lipinski definition) is 1. The summed E-state index contributed by atoms with van der Waals surface area (Å²) in [5.74, 6) is 0.281. The number of Topliss-reactive ketones (excluding diaryl/α,β-unsaturated/α-hetero) is 1. The molecule has 0 aliphatic carbocycles. The first kappa shape index (κ1) is 17.0. The number of nitrogens with zero attached hydrogens (tertiary/aromatic N) is 2. The molecule has 128 valence electrons. The van der Waals surface area contributed by atoms with E-state index in [1.165, 1.54) is 17.3 Å². The van der Waals surface area contributed by atoms with Gasteiger partial charge in [-0.15, -0.1) is 5.10 Å². The number of hydrogen-bond acceptors (Lipinski definition) is 5. The molecule has 24 heavy (non-hydrogen) atoms. The van der Waals surface area contributed by atoms with Gasteiger partial charge in [-0.05, 0) is 24.8 Å². The van der Waals surface area contributed by atoms with E-state index in [4.69, 9.17) is 4.74 Å². The van der Waals surface area contributed by atoms with E-state index in [0.717, 1.165) is 25.9 Å². The molecule has 1 aromatic carbocycles. The van der Waals surface area contributed by atoms with E-state index >= 15 is 0 Å². The molecule has 1 aliphatic heterocycles. The molecule has 1 atom stereocenters. The van der Waals surface area contributed by atoms with Crippen LogP contribution in [-0.4, -0.2) is 39.0 Å². The summed E-state index contributed by atoms with van der Waals surface area (Å²) in [5, 5.41) is 7.03. The van der Waals surface area contributed by atoms with Crippen LogP contribution in [0.3, 0.4) is 0 Å². The third kappa shape index (κ3) is 3.96.